The normalized spacial score (nSPS) is 12.6. The number of halogens is 2. The van der Waals surface area contributed by atoms with Gasteiger partial charge in [0.25, 0.3) is 10.0 Å². The zero-order valence-electron chi connectivity index (χ0n) is 3.43. The molecule has 7 heavy (non-hydrogen) atoms. The number of hydrogen-bond acceptors (Lipinski definition) is 2. The van der Waals surface area contributed by atoms with E-state index in [0.717, 1.165) is 0 Å². The van der Waals surface area contributed by atoms with Crippen molar-refractivity contribution in [1.29, 1.82) is 0 Å². The predicted octanol–water partition coefficient (Wildman–Crippen LogP) is 0.0170. The Morgan fingerprint density at radius 3 is 1.57 bits per heavy atom. The zero-order chi connectivity index (χ0) is 6.08. The molecule has 0 rings (SSSR count). The van der Waals surface area contributed by atoms with Crippen LogP contribution < -0.4 is 0 Å². The SMILES string of the molecule is CS(=O)(=O)N(F)F. The van der Waals surface area contributed by atoms with Crippen LogP contribution in [0.3, 0.4) is 0 Å². The van der Waals surface area contributed by atoms with Gasteiger partial charge in [0.05, 0.1) is 6.26 Å². The van der Waals surface area contributed by atoms with Gasteiger partial charge in [-0.25, -0.2) is 8.42 Å². The third kappa shape index (κ3) is 2.46. The molecule has 0 aliphatic heterocycles. The lowest BCUT2D eigenvalue weighted by Gasteiger charge is -1.90. The fraction of sp³-hybridized carbons (Fsp3) is 1.00. The molecule has 0 fully saturated rings. The van der Waals surface area contributed by atoms with Gasteiger partial charge in [0, 0.05) is 0 Å². The largest absolute Gasteiger partial charge is 0.265 e. The van der Waals surface area contributed by atoms with E-state index in [1.165, 1.54) is 0 Å². The molecule has 44 valence electrons. The average molecular weight is 131 g/mol. The van der Waals surface area contributed by atoms with Crippen LogP contribution in [-0.2, 0) is 10.0 Å². The van der Waals surface area contributed by atoms with Crippen molar-refractivity contribution in [3.63, 3.8) is 0 Å². The van der Waals surface area contributed by atoms with Crippen LogP contribution in [0.2, 0.25) is 0 Å². The summed E-state index contributed by atoms with van der Waals surface area (Å²) in [4.78, 5) is 0. The van der Waals surface area contributed by atoms with Gasteiger partial charge >= 0.3 is 0 Å². The Labute approximate surface area is 39.5 Å². The first kappa shape index (κ1) is 6.77. The molecule has 0 aliphatic carbocycles. The van der Waals surface area contributed by atoms with Crippen molar-refractivity contribution < 1.29 is 17.4 Å². The number of sulfonamides is 1. The summed E-state index contributed by atoms with van der Waals surface area (Å²) in [5, 5.41) is 0. The minimum absolute atomic E-state index is 0.410. The molecule has 0 heterocycles. The first-order valence-electron chi connectivity index (χ1n) is 1.26. The van der Waals surface area contributed by atoms with E-state index in [1.807, 2.05) is 0 Å². The second-order valence-corrected chi connectivity index (χ2v) is 2.68. The van der Waals surface area contributed by atoms with Crippen LogP contribution in [0.25, 0.3) is 0 Å². The highest BCUT2D eigenvalue weighted by molar-refractivity contribution is 7.88. The maximum Gasteiger partial charge on any atom is 0.265 e. The molecule has 0 N–H and O–H groups in total. The Kier molecular flexibility index (Phi) is 1.65. The van der Waals surface area contributed by atoms with Crippen LogP contribution in [0.5, 0.6) is 0 Å². The number of nitrogens with zero attached hydrogens (tertiary/aromatic N) is 1. The Balaban J connectivity index is 4.10. The molecule has 0 amide bonds. The molecule has 0 aromatic rings. The minimum Gasteiger partial charge on any atom is -0.208 e. The first-order chi connectivity index (χ1) is 2.94. The second-order valence-electron chi connectivity index (χ2n) is 0.935. The monoisotopic (exact) mass is 131 g/mol. The molecule has 0 aliphatic rings. The van der Waals surface area contributed by atoms with Crippen molar-refractivity contribution >= 4 is 10.0 Å². The number of hydrogen-bond donors (Lipinski definition) is 0. The molecule has 0 radical (unpaired) electrons. The molecule has 0 aromatic heterocycles. The molecule has 0 saturated carbocycles. The molecule has 6 heteroatoms. The lowest BCUT2D eigenvalue weighted by atomic mass is 12.0. The van der Waals surface area contributed by atoms with Gasteiger partial charge in [-0.05, 0) is 0 Å². The molecular formula is CH3F2NO2S. The van der Waals surface area contributed by atoms with E-state index >= 15 is 0 Å². The molecule has 0 aromatic carbocycles. The van der Waals surface area contributed by atoms with Gasteiger partial charge in [0.2, 0.25) is 0 Å². The molecule has 0 atom stereocenters. The van der Waals surface area contributed by atoms with Gasteiger partial charge in [-0.1, -0.05) is 8.96 Å². The smallest absolute Gasteiger partial charge is 0.208 e. The van der Waals surface area contributed by atoms with Gasteiger partial charge in [-0.3, -0.25) is 0 Å². The van der Waals surface area contributed by atoms with Crippen molar-refractivity contribution in [2.75, 3.05) is 6.26 Å². The Bertz CT molecular complexity index is 138. The van der Waals surface area contributed by atoms with E-state index in [2.05, 4.69) is 0 Å². The van der Waals surface area contributed by atoms with Crippen LogP contribution in [0.1, 0.15) is 0 Å². The molecule has 3 nitrogen and oxygen atoms in total. The summed E-state index contributed by atoms with van der Waals surface area (Å²) < 4.78 is 38.7. The van der Waals surface area contributed by atoms with Crippen molar-refractivity contribution in [2.45, 2.75) is 0 Å². The van der Waals surface area contributed by atoms with E-state index in [4.69, 9.17) is 0 Å². The topological polar surface area (TPSA) is 37.4 Å². The summed E-state index contributed by atoms with van der Waals surface area (Å²) in [5.74, 6) is 0. The highest BCUT2D eigenvalue weighted by atomic mass is 32.2. The fourth-order valence-electron chi connectivity index (χ4n) is 0. The first-order valence-corrected chi connectivity index (χ1v) is 3.11. The molecule has 0 unspecified atom stereocenters. The van der Waals surface area contributed by atoms with Crippen LogP contribution in [-0.4, -0.2) is 19.4 Å². The fourth-order valence-corrected chi connectivity index (χ4v) is 0. The summed E-state index contributed by atoms with van der Waals surface area (Å²) in [6, 6.07) is 0. The van der Waals surface area contributed by atoms with E-state index in [0.29, 0.717) is 6.26 Å². The maximum atomic E-state index is 10.8. The Hall–Kier alpha value is -0.230. The van der Waals surface area contributed by atoms with Gasteiger partial charge < -0.3 is 0 Å². The minimum atomic E-state index is -4.24. The highest BCUT2D eigenvalue weighted by Crippen LogP contribution is 1.95. The summed E-state index contributed by atoms with van der Waals surface area (Å²) in [6.45, 7) is 0. The van der Waals surface area contributed by atoms with Gasteiger partial charge in [-0.2, -0.15) is 0 Å². The second kappa shape index (κ2) is 1.71. The maximum absolute atomic E-state index is 10.8. The summed E-state index contributed by atoms with van der Waals surface area (Å²) in [6.07, 6.45) is 0.410. The van der Waals surface area contributed by atoms with E-state index < -0.39 is 14.8 Å². The van der Waals surface area contributed by atoms with E-state index in [9.17, 15) is 17.4 Å². The number of rotatable bonds is 1. The molecule has 0 spiro atoms. The Morgan fingerprint density at radius 2 is 1.57 bits per heavy atom. The van der Waals surface area contributed by atoms with E-state index in [-0.39, 0.29) is 0 Å². The Morgan fingerprint density at radius 1 is 1.43 bits per heavy atom. The third-order valence-corrected chi connectivity index (χ3v) is 0.752. The van der Waals surface area contributed by atoms with Crippen LogP contribution in [0.4, 0.5) is 8.96 Å². The van der Waals surface area contributed by atoms with Gasteiger partial charge in [0.1, 0.15) is 4.75 Å². The average Bonchev–Trinajstić information content (AvgIpc) is 1.31. The van der Waals surface area contributed by atoms with E-state index in [1.54, 1.807) is 0 Å². The standard InChI is InChI=1S/CH3F2NO2S/c1-7(5,6)4(2)3/h1H3. The van der Waals surface area contributed by atoms with Gasteiger partial charge in [-0.15, -0.1) is 0 Å². The molecule has 0 saturated heterocycles. The van der Waals surface area contributed by atoms with Gasteiger partial charge in [0.15, 0.2) is 0 Å². The quantitative estimate of drug-likeness (QED) is 0.470. The summed E-state index contributed by atoms with van der Waals surface area (Å²) in [7, 11) is -4.24. The van der Waals surface area contributed by atoms with Crippen molar-refractivity contribution in [2.24, 2.45) is 0 Å². The zero-order valence-corrected chi connectivity index (χ0v) is 4.24. The van der Waals surface area contributed by atoms with Crippen LogP contribution in [0, 0.1) is 0 Å². The lowest BCUT2D eigenvalue weighted by Crippen LogP contribution is -2.10. The molecule has 0 bridgehead atoms. The lowest BCUT2D eigenvalue weighted by molar-refractivity contribution is -0.0529. The van der Waals surface area contributed by atoms with Crippen LogP contribution >= 0.6 is 0 Å². The molecular weight excluding hydrogens is 128 g/mol. The highest BCUT2D eigenvalue weighted by Gasteiger charge is 2.12. The third-order valence-electron chi connectivity index (χ3n) is 0.251. The predicted molar refractivity (Wildman–Crippen MR) is 18.9 cm³/mol. The summed E-state index contributed by atoms with van der Waals surface area (Å²) in [5.41, 5.74) is 0. The van der Waals surface area contributed by atoms with Crippen molar-refractivity contribution in [3.05, 3.63) is 0 Å². The van der Waals surface area contributed by atoms with Crippen LogP contribution in [0.15, 0.2) is 0 Å². The summed E-state index contributed by atoms with van der Waals surface area (Å²) >= 11 is 0. The van der Waals surface area contributed by atoms with Crippen molar-refractivity contribution in [1.82, 2.24) is 4.75 Å². The van der Waals surface area contributed by atoms with Crippen molar-refractivity contribution in [3.8, 4) is 0 Å².